The van der Waals surface area contributed by atoms with Crippen molar-refractivity contribution >= 4 is 5.96 Å². The Morgan fingerprint density at radius 1 is 1.30 bits per heavy atom. The molecule has 0 amide bonds. The highest BCUT2D eigenvalue weighted by atomic mass is 15.3. The van der Waals surface area contributed by atoms with Crippen LogP contribution in [0, 0.1) is 5.41 Å². The fourth-order valence-corrected chi connectivity index (χ4v) is 3.08. The van der Waals surface area contributed by atoms with Gasteiger partial charge in [0.2, 0.25) is 0 Å². The van der Waals surface area contributed by atoms with Crippen LogP contribution in [0.1, 0.15) is 38.3 Å². The molecule has 0 aliphatic carbocycles. The predicted octanol–water partition coefficient (Wildman–Crippen LogP) is 2.95. The maximum Gasteiger partial charge on any atom is 0.194 e. The zero-order valence-corrected chi connectivity index (χ0v) is 15.4. The van der Waals surface area contributed by atoms with Gasteiger partial charge in [-0.05, 0) is 44.0 Å². The maximum absolute atomic E-state index is 4.87. The van der Waals surface area contributed by atoms with Gasteiger partial charge in [0, 0.05) is 26.2 Å². The first kappa shape index (κ1) is 17.8. The zero-order chi connectivity index (χ0) is 16.9. The number of rotatable bonds is 5. The molecule has 0 saturated carbocycles. The highest BCUT2D eigenvalue weighted by Gasteiger charge is 2.30. The molecular formula is C19H32N4. The minimum atomic E-state index is 0.391. The van der Waals surface area contributed by atoms with E-state index in [2.05, 4.69) is 74.2 Å². The zero-order valence-electron chi connectivity index (χ0n) is 15.4. The van der Waals surface area contributed by atoms with Crippen LogP contribution in [0.5, 0.6) is 0 Å². The summed E-state index contributed by atoms with van der Waals surface area (Å²) >= 11 is 0. The third kappa shape index (κ3) is 5.54. The molecule has 1 aromatic carbocycles. The second kappa shape index (κ2) is 7.82. The molecule has 2 rings (SSSR count). The van der Waals surface area contributed by atoms with Gasteiger partial charge >= 0.3 is 0 Å². The minimum absolute atomic E-state index is 0.391. The van der Waals surface area contributed by atoms with Crippen molar-refractivity contribution in [1.29, 1.82) is 0 Å². The fourth-order valence-electron chi connectivity index (χ4n) is 3.08. The van der Waals surface area contributed by atoms with E-state index in [1.807, 2.05) is 0 Å². The Labute approximate surface area is 141 Å². The molecule has 1 heterocycles. The number of likely N-dealkylation sites (tertiary alicyclic amines) is 1. The summed E-state index contributed by atoms with van der Waals surface area (Å²) < 4.78 is 0. The van der Waals surface area contributed by atoms with Crippen molar-refractivity contribution < 1.29 is 0 Å². The van der Waals surface area contributed by atoms with Gasteiger partial charge in [0.15, 0.2) is 5.96 Å². The number of hydrogen-bond donors (Lipinski definition) is 1. The Morgan fingerprint density at radius 3 is 2.65 bits per heavy atom. The van der Waals surface area contributed by atoms with E-state index >= 15 is 0 Å². The first-order chi connectivity index (χ1) is 10.9. The van der Waals surface area contributed by atoms with Crippen molar-refractivity contribution in [3.8, 4) is 0 Å². The molecular weight excluding hydrogens is 284 g/mol. The molecule has 4 nitrogen and oxygen atoms in total. The van der Waals surface area contributed by atoms with Gasteiger partial charge in [-0.15, -0.1) is 0 Å². The lowest BCUT2D eigenvalue weighted by Crippen LogP contribution is -2.40. The largest absolute Gasteiger partial charge is 0.357 e. The summed E-state index contributed by atoms with van der Waals surface area (Å²) in [4.78, 5) is 9.46. The van der Waals surface area contributed by atoms with Gasteiger partial charge in [-0.25, -0.2) is 4.99 Å². The topological polar surface area (TPSA) is 30.9 Å². The van der Waals surface area contributed by atoms with E-state index < -0.39 is 0 Å². The van der Waals surface area contributed by atoms with Gasteiger partial charge in [0.1, 0.15) is 0 Å². The molecule has 0 spiro atoms. The average molecular weight is 316 g/mol. The first-order valence-electron chi connectivity index (χ1n) is 8.65. The van der Waals surface area contributed by atoms with Crippen LogP contribution in [0.2, 0.25) is 0 Å². The molecule has 0 radical (unpaired) electrons. The van der Waals surface area contributed by atoms with Gasteiger partial charge in [0.05, 0.1) is 6.54 Å². The molecule has 0 unspecified atom stereocenters. The first-order valence-corrected chi connectivity index (χ1v) is 8.65. The molecule has 1 aliphatic rings. The van der Waals surface area contributed by atoms with Crippen LogP contribution in [-0.2, 0) is 13.1 Å². The summed E-state index contributed by atoms with van der Waals surface area (Å²) in [5, 5.41) is 3.45. The number of benzene rings is 1. The van der Waals surface area contributed by atoms with Crippen LogP contribution in [0.15, 0.2) is 29.3 Å². The van der Waals surface area contributed by atoms with Crippen LogP contribution in [0.4, 0.5) is 0 Å². The van der Waals surface area contributed by atoms with E-state index in [0.29, 0.717) is 5.41 Å². The van der Waals surface area contributed by atoms with Crippen LogP contribution in [0.3, 0.4) is 0 Å². The van der Waals surface area contributed by atoms with Gasteiger partial charge in [-0.3, -0.25) is 0 Å². The number of nitrogens with zero attached hydrogens (tertiary/aromatic N) is 3. The van der Waals surface area contributed by atoms with Crippen LogP contribution < -0.4 is 5.32 Å². The SMILES string of the molecule is CCNC(=NCc1cccc(CN(C)C)c1)N1CCC(C)(C)C1. The number of guanidine groups is 1. The standard InChI is InChI=1S/C19H32N4/c1-6-20-18(23-11-10-19(2,3)15-23)21-13-16-8-7-9-17(12-16)14-22(4)5/h7-9,12H,6,10-11,13-15H2,1-5H3,(H,20,21). The highest BCUT2D eigenvalue weighted by molar-refractivity contribution is 5.80. The van der Waals surface area contributed by atoms with Crippen LogP contribution in [-0.4, -0.2) is 49.5 Å². The average Bonchev–Trinajstić information content (AvgIpc) is 2.83. The van der Waals surface area contributed by atoms with E-state index in [-0.39, 0.29) is 0 Å². The molecule has 0 bridgehead atoms. The Balaban J connectivity index is 2.06. The normalized spacial score (nSPS) is 17.8. The monoisotopic (exact) mass is 316 g/mol. The summed E-state index contributed by atoms with van der Waals surface area (Å²) in [5.74, 6) is 1.05. The molecule has 1 aliphatic heterocycles. The van der Waals surface area contributed by atoms with Crippen molar-refractivity contribution in [3.63, 3.8) is 0 Å². The van der Waals surface area contributed by atoms with Gasteiger partial charge < -0.3 is 15.1 Å². The lowest BCUT2D eigenvalue weighted by Gasteiger charge is -2.23. The highest BCUT2D eigenvalue weighted by Crippen LogP contribution is 2.28. The molecule has 4 heteroatoms. The van der Waals surface area contributed by atoms with E-state index in [9.17, 15) is 0 Å². The Hall–Kier alpha value is -1.55. The summed E-state index contributed by atoms with van der Waals surface area (Å²) in [7, 11) is 4.20. The van der Waals surface area contributed by atoms with Crippen molar-refractivity contribution in [2.24, 2.45) is 10.4 Å². The smallest absolute Gasteiger partial charge is 0.194 e. The fraction of sp³-hybridized carbons (Fsp3) is 0.632. The summed E-state index contributed by atoms with van der Waals surface area (Å²) in [6, 6.07) is 8.75. The van der Waals surface area contributed by atoms with Crippen molar-refractivity contribution in [1.82, 2.24) is 15.1 Å². The lowest BCUT2D eigenvalue weighted by atomic mass is 9.93. The molecule has 0 atom stereocenters. The molecule has 1 fully saturated rings. The summed E-state index contributed by atoms with van der Waals surface area (Å²) in [6.45, 7) is 11.6. The minimum Gasteiger partial charge on any atom is -0.357 e. The molecule has 1 saturated heterocycles. The van der Waals surface area contributed by atoms with Crippen molar-refractivity contribution in [2.75, 3.05) is 33.7 Å². The van der Waals surface area contributed by atoms with Gasteiger partial charge in [-0.2, -0.15) is 0 Å². The lowest BCUT2D eigenvalue weighted by molar-refractivity contribution is 0.370. The van der Waals surface area contributed by atoms with Crippen molar-refractivity contribution in [3.05, 3.63) is 35.4 Å². The molecule has 0 aromatic heterocycles. The maximum atomic E-state index is 4.87. The molecule has 128 valence electrons. The third-order valence-corrected chi connectivity index (χ3v) is 4.21. The molecule has 1 N–H and O–H groups in total. The van der Waals surface area contributed by atoms with Gasteiger partial charge in [0.25, 0.3) is 0 Å². The molecule has 23 heavy (non-hydrogen) atoms. The van der Waals surface area contributed by atoms with E-state index in [1.54, 1.807) is 0 Å². The van der Waals surface area contributed by atoms with Crippen LogP contribution in [0.25, 0.3) is 0 Å². The third-order valence-electron chi connectivity index (χ3n) is 4.21. The quantitative estimate of drug-likeness (QED) is 0.669. The van der Waals surface area contributed by atoms with E-state index in [1.165, 1.54) is 17.5 Å². The summed E-state index contributed by atoms with van der Waals surface area (Å²) in [5.41, 5.74) is 3.01. The Morgan fingerprint density at radius 2 is 2.04 bits per heavy atom. The second-order valence-corrected chi connectivity index (χ2v) is 7.56. The van der Waals surface area contributed by atoms with Crippen molar-refractivity contribution in [2.45, 2.75) is 40.3 Å². The van der Waals surface area contributed by atoms with Crippen LogP contribution >= 0.6 is 0 Å². The number of nitrogens with one attached hydrogen (secondary N) is 1. The summed E-state index contributed by atoms with van der Waals surface area (Å²) in [6.07, 6.45) is 1.23. The van der Waals surface area contributed by atoms with E-state index in [4.69, 9.17) is 4.99 Å². The number of hydrogen-bond acceptors (Lipinski definition) is 2. The number of aliphatic imine (C=N–C) groups is 1. The van der Waals surface area contributed by atoms with Gasteiger partial charge in [-0.1, -0.05) is 38.1 Å². The predicted molar refractivity (Wildman–Crippen MR) is 98.6 cm³/mol. The second-order valence-electron chi connectivity index (χ2n) is 7.56. The Bertz CT molecular complexity index is 534. The van der Waals surface area contributed by atoms with E-state index in [0.717, 1.165) is 38.7 Å². The molecule has 1 aromatic rings. The Kier molecular flexibility index (Phi) is 6.05.